The van der Waals surface area contributed by atoms with E-state index in [-0.39, 0.29) is 12.7 Å². The molecule has 0 saturated carbocycles. The number of anilines is 2. The first kappa shape index (κ1) is 24.1. The molecule has 0 spiro atoms. The third kappa shape index (κ3) is 5.52. The molecule has 0 saturated heterocycles. The zero-order chi connectivity index (χ0) is 24.2. The molecular formula is C22H21Cl2N5O4S. The second kappa shape index (κ2) is 10.5. The lowest BCUT2D eigenvalue weighted by molar-refractivity contribution is -0.119. The van der Waals surface area contributed by atoms with Crippen molar-refractivity contribution in [2.75, 3.05) is 17.4 Å². The normalized spacial score (nSPS) is 13.8. The van der Waals surface area contributed by atoms with Gasteiger partial charge in [-0.3, -0.25) is 10.1 Å². The highest BCUT2D eigenvalue weighted by atomic mass is 35.5. The maximum atomic E-state index is 13.0. The number of carbonyl (C=O) groups is 2. The summed E-state index contributed by atoms with van der Waals surface area (Å²) in [6.45, 7) is 3.99. The van der Waals surface area contributed by atoms with Crippen molar-refractivity contribution in [2.45, 2.75) is 26.3 Å². The van der Waals surface area contributed by atoms with Crippen LogP contribution in [-0.4, -0.2) is 35.0 Å². The van der Waals surface area contributed by atoms with Crippen LogP contribution in [0.1, 0.15) is 20.3 Å². The molecule has 0 bridgehead atoms. The summed E-state index contributed by atoms with van der Waals surface area (Å²) in [6, 6.07) is 8.83. The van der Waals surface area contributed by atoms with Crippen LogP contribution in [0.5, 0.6) is 11.5 Å². The molecule has 9 nitrogen and oxygen atoms in total. The Morgan fingerprint density at radius 2 is 1.85 bits per heavy atom. The lowest BCUT2D eigenvalue weighted by atomic mass is 9.98. The van der Waals surface area contributed by atoms with Crippen LogP contribution in [0.3, 0.4) is 0 Å². The third-order valence-corrected chi connectivity index (χ3v) is 6.86. The molecule has 0 radical (unpaired) electrons. The van der Waals surface area contributed by atoms with Gasteiger partial charge in [-0.2, -0.15) is 0 Å². The number of aromatic nitrogens is 2. The molecule has 1 aliphatic heterocycles. The Hall–Kier alpha value is -3.08. The third-order valence-electron chi connectivity index (χ3n) is 5.23. The first-order valence-electron chi connectivity index (χ1n) is 10.4. The highest BCUT2D eigenvalue weighted by Crippen LogP contribution is 2.37. The van der Waals surface area contributed by atoms with Crippen molar-refractivity contribution in [2.24, 2.45) is 5.92 Å². The van der Waals surface area contributed by atoms with Gasteiger partial charge in [-0.15, -0.1) is 10.2 Å². The van der Waals surface area contributed by atoms with E-state index in [4.69, 9.17) is 32.7 Å². The summed E-state index contributed by atoms with van der Waals surface area (Å²) in [6.07, 6.45) is 0.670. The average molecular weight is 522 g/mol. The van der Waals surface area contributed by atoms with Crippen molar-refractivity contribution in [3.05, 3.63) is 46.4 Å². The van der Waals surface area contributed by atoms with Crippen molar-refractivity contribution in [3.8, 4) is 22.1 Å². The lowest BCUT2D eigenvalue weighted by Crippen LogP contribution is -2.49. The number of amides is 3. The van der Waals surface area contributed by atoms with Gasteiger partial charge in [-0.05, 0) is 42.3 Å². The van der Waals surface area contributed by atoms with E-state index in [0.717, 1.165) is 5.56 Å². The summed E-state index contributed by atoms with van der Waals surface area (Å²) in [5.74, 6) is 0.767. The van der Waals surface area contributed by atoms with Gasteiger partial charge < -0.3 is 20.1 Å². The molecule has 1 aliphatic rings. The molecule has 0 fully saturated rings. The smallest absolute Gasteiger partial charge is 0.319 e. The number of benzene rings is 2. The minimum absolute atomic E-state index is 0.138. The van der Waals surface area contributed by atoms with Gasteiger partial charge in [0.15, 0.2) is 11.5 Å². The van der Waals surface area contributed by atoms with Gasteiger partial charge in [0.25, 0.3) is 0 Å². The second-order valence-corrected chi connectivity index (χ2v) is 9.35. The Morgan fingerprint density at radius 3 is 2.62 bits per heavy atom. The van der Waals surface area contributed by atoms with Crippen LogP contribution < -0.4 is 25.4 Å². The molecule has 3 amide bonds. The van der Waals surface area contributed by atoms with Crippen LogP contribution in [0.4, 0.5) is 15.6 Å². The van der Waals surface area contributed by atoms with Crippen LogP contribution in [-0.2, 0) is 4.79 Å². The molecule has 2 heterocycles. The fraction of sp³-hybridized carbons (Fsp3) is 0.273. The van der Waals surface area contributed by atoms with Crippen LogP contribution in [0.15, 0.2) is 36.4 Å². The summed E-state index contributed by atoms with van der Waals surface area (Å²) in [4.78, 5) is 25.6. The zero-order valence-electron chi connectivity index (χ0n) is 18.2. The summed E-state index contributed by atoms with van der Waals surface area (Å²) < 4.78 is 10.7. The number of rotatable bonds is 7. The number of hydrogen-bond donors (Lipinski definition) is 3. The van der Waals surface area contributed by atoms with Crippen LogP contribution >= 0.6 is 34.5 Å². The topological polar surface area (TPSA) is 114 Å². The average Bonchev–Trinajstić information content (AvgIpc) is 3.48. The SMILES string of the molecule is CC[C@@H](C)[C@@H](NC(=O)Nc1ccc(Cl)c(Cl)c1)C(=O)Nc1nnc(-c2ccc3c(c2)OCO3)s1. The molecule has 12 heteroatoms. The maximum absolute atomic E-state index is 13.0. The van der Waals surface area contributed by atoms with Crippen LogP contribution in [0, 0.1) is 5.92 Å². The molecular weight excluding hydrogens is 501 g/mol. The minimum atomic E-state index is -0.800. The Bertz CT molecular complexity index is 1220. The van der Waals surface area contributed by atoms with Gasteiger partial charge >= 0.3 is 6.03 Å². The van der Waals surface area contributed by atoms with E-state index >= 15 is 0 Å². The fourth-order valence-electron chi connectivity index (χ4n) is 3.19. The Kier molecular flexibility index (Phi) is 7.40. The maximum Gasteiger partial charge on any atom is 0.319 e. The van der Waals surface area contributed by atoms with E-state index in [0.29, 0.717) is 43.8 Å². The first-order valence-corrected chi connectivity index (χ1v) is 12.0. The second-order valence-electron chi connectivity index (χ2n) is 7.56. The standard InChI is InChI=1S/C22H21Cl2N5O4S/c1-3-11(2)18(26-21(31)25-13-5-6-14(23)15(24)9-13)19(30)27-22-29-28-20(34-22)12-4-7-16-17(8-12)33-10-32-16/h4-9,11,18H,3,10H2,1-2H3,(H2,25,26,31)(H,27,29,30)/t11-,18-/m1/s1. The van der Waals surface area contributed by atoms with Crippen molar-refractivity contribution >= 4 is 57.3 Å². The van der Waals surface area contributed by atoms with Gasteiger partial charge in [0.1, 0.15) is 11.0 Å². The Morgan fingerprint density at radius 1 is 1.06 bits per heavy atom. The molecule has 178 valence electrons. The minimum Gasteiger partial charge on any atom is -0.454 e. The predicted octanol–water partition coefficient (Wildman–Crippen LogP) is 5.42. The fourth-order valence-corrected chi connectivity index (χ4v) is 4.23. The highest BCUT2D eigenvalue weighted by molar-refractivity contribution is 7.18. The summed E-state index contributed by atoms with van der Waals surface area (Å²) in [5.41, 5.74) is 1.24. The van der Waals surface area contributed by atoms with E-state index < -0.39 is 18.0 Å². The first-order chi connectivity index (χ1) is 16.3. The van der Waals surface area contributed by atoms with E-state index in [1.807, 2.05) is 26.0 Å². The molecule has 34 heavy (non-hydrogen) atoms. The lowest BCUT2D eigenvalue weighted by Gasteiger charge is -2.23. The zero-order valence-corrected chi connectivity index (χ0v) is 20.6. The van der Waals surface area contributed by atoms with Crippen molar-refractivity contribution < 1.29 is 19.1 Å². The number of nitrogens with zero attached hydrogens (tertiary/aromatic N) is 2. The highest BCUT2D eigenvalue weighted by Gasteiger charge is 2.27. The van der Waals surface area contributed by atoms with Crippen molar-refractivity contribution in [1.29, 1.82) is 0 Å². The van der Waals surface area contributed by atoms with Gasteiger partial charge in [-0.25, -0.2) is 4.79 Å². The largest absolute Gasteiger partial charge is 0.454 e. The number of carbonyl (C=O) groups excluding carboxylic acids is 2. The van der Waals surface area contributed by atoms with Crippen LogP contribution in [0.2, 0.25) is 10.0 Å². The van der Waals surface area contributed by atoms with Gasteiger partial charge in [0.2, 0.25) is 17.8 Å². The van der Waals surface area contributed by atoms with E-state index in [2.05, 4.69) is 26.1 Å². The van der Waals surface area contributed by atoms with E-state index in [1.165, 1.54) is 17.4 Å². The molecule has 4 rings (SSSR count). The van der Waals surface area contributed by atoms with E-state index in [9.17, 15) is 9.59 Å². The van der Waals surface area contributed by atoms with Crippen molar-refractivity contribution in [1.82, 2.24) is 15.5 Å². The predicted molar refractivity (Wildman–Crippen MR) is 132 cm³/mol. The summed E-state index contributed by atoms with van der Waals surface area (Å²) in [5, 5.41) is 18.0. The summed E-state index contributed by atoms with van der Waals surface area (Å²) >= 11 is 13.1. The van der Waals surface area contributed by atoms with Gasteiger partial charge in [-0.1, -0.05) is 54.8 Å². The Balaban J connectivity index is 1.42. The number of hydrogen-bond acceptors (Lipinski definition) is 7. The number of urea groups is 1. The number of ether oxygens (including phenoxy) is 2. The van der Waals surface area contributed by atoms with Crippen molar-refractivity contribution in [3.63, 3.8) is 0 Å². The molecule has 0 aliphatic carbocycles. The van der Waals surface area contributed by atoms with E-state index in [1.54, 1.807) is 18.2 Å². The number of fused-ring (bicyclic) bond motifs is 1. The number of halogens is 2. The Labute approximate surface area is 209 Å². The molecule has 1 aromatic heterocycles. The van der Waals surface area contributed by atoms with Gasteiger partial charge in [0.05, 0.1) is 10.0 Å². The number of nitrogens with one attached hydrogen (secondary N) is 3. The molecule has 3 N–H and O–H groups in total. The van der Waals surface area contributed by atoms with Gasteiger partial charge in [0, 0.05) is 11.3 Å². The quantitative estimate of drug-likeness (QED) is 0.382. The molecule has 0 unspecified atom stereocenters. The molecule has 2 atom stereocenters. The molecule has 2 aromatic carbocycles. The van der Waals surface area contributed by atoms with Crippen LogP contribution in [0.25, 0.3) is 10.6 Å². The molecule has 3 aromatic rings. The summed E-state index contributed by atoms with van der Waals surface area (Å²) in [7, 11) is 0. The monoisotopic (exact) mass is 521 g/mol.